The number of halogens is 2. The molecule has 2 aliphatic heterocycles. The first-order valence-electron chi connectivity index (χ1n) is 8.71. The minimum absolute atomic E-state index is 0.0381. The first kappa shape index (κ1) is 17.7. The Morgan fingerprint density at radius 3 is 2.67 bits per heavy atom. The van der Waals surface area contributed by atoms with Gasteiger partial charge in [-0.25, -0.2) is 4.39 Å². The van der Waals surface area contributed by atoms with Crippen molar-refractivity contribution in [3.05, 3.63) is 62.9 Å². The van der Waals surface area contributed by atoms with Gasteiger partial charge in [-0.05, 0) is 36.6 Å². The first-order chi connectivity index (χ1) is 13.0. The van der Waals surface area contributed by atoms with Crippen LogP contribution in [0.15, 0.2) is 35.1 Å². The number of hydrogen-bond acceptors (Lipinski definition) is 4. The highest BCUT2D eigenvalue weighted by Crippen LogP contribution is 2.29. The van der Waals surface area contributed by atoms with Crippen LogP contribution in [-0.2, 0) is 11.4 Å². The third kappa shape index (κ3) is 3.35. The van der Waals surface area contributed by atoms with Gasteiger partial charge >= 0.3 is 5.56 Å². The Morgan fingerprint density at radius 1 is 1.26 bits per heavy atom. The van der Waals surface area contributed by atoms with Crippen molar-refractivity contribution in [3.63, 3.8) is 0 Å². The summed E-state index contributed by atoms with van der Waals surface area (Å²) >= 11 is 6.20. The molecule has 140 valence electrons. The number of ether oxygens (including phenoxy) is 1. The zero-order valence-corrected chi connectivity index (χ0v) is 15.2. The van der Waals surface area contributed by atoms with E-state index < -0.39 is 11.6 Å². The second kappa shape index (κ2) is 7.15. The quantitative estimate of drug-likeness (QED) is 0.806. The van der Waals surface area contributed by atoms with Crippen LogP contribution in [0.4, 0.5) is 4.39 Å². The summed E-state index contributed by atoms with van der Waals surface area (Å²) in [5.74, 6) is -0.667. The van der Waals surface area contributed by atoms with E-state index in [-0.39, 0.29) is 29.4 Å². The van der Waals surface area contributed by atoms with Gasteiger partial charge < -0.3 is 9.64 Å². The highest BCUT2D eigenvalue weighted by molar-refractivity contribution is 6.30. The van der Waals surface area contributed by atoms with E-state index in [9.17, 15) is 14.0 Å². The van der Waals surface area contributed by atoms with Gasteiger partial charge in [0.05, 0.1) is 5.69 Å². The number of likely N-dealkylation sites (tertiary alicyclic amines) is 1. The van der Waals surface area contributed by atoms with Gasteiger partial charge in [0.1, 0.15) is 18.5 Å². The number of nitrogens with zero attached hydrogens (tertiary/aromatic N) is 3. The average Bonchev–Trinajstić information content (AvgIpc) is 3.34. The molecule has 0 bridgehead atoms. The standard InChI is InChI=1S/C19H17ClFN3O3/c20-16-14-7-8-15(18(25)23-9-1-2-10-23)24(14)19(26)17(22-16)27-11-12-3-5-13(21)6-4-12/h3-8,15H,1-2,9-11H2. The van der Waals surface area contributed by atoms with E-state index in [1.54, 1.807) is 29.2 Å². The molecule has 3 heterocycles. The van der Waals surface area contributed by atoms with Gasteiger partial charge in [-0.3, -0.25) is 14.2 Å². The van der Waals surface area contributed by atoms with Crippen molar-refractivity contribution in [3.8, 4) is 5.88 Å². The van der Waals surface area contributed by atoms with Crippen molar-refractivity contribution in [1.29, 1.82) is 0 Å². The smallest absolute Gasteiger partial charge is 0.314 e. The summed E-state index contributed by atoms with van der Waals surface area (Å²) in [5.41, 5.74) is 0.564. The number of rotatable bonds is 4. The van der Waals surface area contributed by atoms with Gasteiger partial charge in [-0.2, -0.15) is 4.98 Å². The SMILES string of the molecule is O=C(C1C=Cc2c(Cl)nc(OCc3ccc(F)cc3)c(=O)n21)N1CCCC1. The number of carbonyl (C=O) groups excluding carboxylic acids is 1. The summed E-state index contributed by atoms with van der Waals surface area (Å²) in [6.45, 7) is 1.43. The fraction of sp³-hybridized carbons (Fsp3) is 0.316. The Balaban J connectivity index is 1.61. The maximum absolute atomic E-state index is 13.0. The van der Waals surface area contributed by atoms with Crippen LogP contribution >= 0.6 is 11.6 Å². The van der Waals surface area contributed by atoms with E-state index in [1.807, 2.05) is 0 Å². The van der Waals surface area contributed by atoms with Crippen molar-refractivity contribution in [2.75, 3.05) is 13.1 Å². The molecule has 8 heteroatoms. The summed E-state index contributed by atoms with van der Waals surface area (Å²) in [7, 11) is 0. The van der Waals surface area contributed by atoms with Crippen LogP contribution < -0.4 is 10.3 Å². The summed E-state index contributed by atoms with van der Waals surface area (Å²) in [6, 6.07) is 5.00. The molecule has 27 heavy (non-hydrogen) atoms. The fourth-order valence-corrected chi connectivity index (χ4v) is 3.57. The number of hydrogen-bond donors (Lipinski definition) is 0. The third-order valence-corrected chi connectivity index (χ3v) is 5.02. The van der Waals surface area contributed by atoms with Crippen molar-refractivity contribution in [2.24, 2.45) is 0 Å². The summed E-state index contributed by atoms with van der Waals surface area (Å²) in [5, 5.41) is 0.0941. The Bertz CT molecular complexity index is 965. The first-order valence-corrected chi connectivity index (χ1v) is 9.08. The van der Waals surface area contributed by atoms with Crippen LogP contribution in [0.3, 0.4) is 0 Å². The molecule has 4 rings (SSSR count). The number of benzene rings is 1. The molecule has 0 radical (unpaired) electrons. The van der Waals surface area contributed by atoms with E-state index in [2.05, 4.69) is 4.98 Å². The van der Waals surface area contributed by atoms with E-state index in [0.717, 1.165) is 12.8 Å². The molecule has 1 saturated heterocycles. The third-order valence-electron chi connectivity index (χ3n) is 4.75. The molecule has 1 amide bonds. The van der Waals surface area contributed by atoms with Crippen LogP contribution in [0.25, 0.3) is 6.08 Å². The van der Waals surface area contributed by atoms with Crippen molar-refractivity contribution < 1.29 is 13.9 Å². The van der Waals surface area contributed by atoms with E-state index in [4.69, 9.17) is 16.3 Å². The van der Waals surface area contributed by atoms with Crippen LogP contribution in [0.1, 0.15) is 30.1 Å². The molecule has 1 aromatic carbocycles. The number of amides is 1. The Morgan fingerprint density at radius 2 is 1.96 bits per heavy atom. The second-order valence-corrected chi connectivity index (χ2v) is 6.88. The molecule has 0 spiro atoms. The van der Waals surface area contributed by atoms with Gasteiger partial charge in [0, 0.05) is 13.1 Å². The van der Waals surface area contributed by atoms with Crippen LogP contribution in [0.5, 0.6) is 5.88 Å². The Labute approximate surface area is 159 Å². The molecule has 1 fully saturated rings. The Kier molecular flexibility index (Phi) is 4.70. The number of fused-ring (bicyclic) bond motifs is 1. The van der Waals surface area contributed by atoms with Crippen LogP contribution in [-0.4, -0.2) is 33.4 Å². The molecule has 1 atom stereocenters. The predicted octanol–water partition coefficient (Wildman–Crippen LogP) is 2.81. The zero-order valence-electron chi connectivity index (χ0n) is 14.4. The molecular weight excluding hydrogens is 373 g/mol. The van der Waals surface area contributed by atoms with Gasteiger partial charge in [0.25, 0.3) is 5.88 Å². The van der Waals surface area contributed by atoms with Gasteiger partial charge in [0.15, 0.2) is 5.15 Å². The largest absolute Gasteiger partial charge is 0.469 e. The topological polar surface area (TPSA) is 64.4 Å². The molecule has 1 unspecified atom stereocenters. The van der Waals surface area contributed by atoms with Crippen LogP contribution in [0.2, 0.25) is 5.15 Å². The van der Waals surface area contributed by atoms with Gasteiger partial charge in [-0.1, -0.05) is 29.8 Å². The average molecular weight is 390 g/mol. The molecule has 0 saturated carbocycles. The number of carbonyl (C=O) groups is 1. The predicted molar refractivity (Wildman–Crippen MR) is 98.1 cm³/mol. The normalized spacial score (nSPS) is 18.0. The summed E-state index contributed by atoms with van der Waals surface area (Å²) in [4.78, 5) is 31.4. The lowest BCUT2D eigenvalue weighted by Crippen LogP contribution is -2.38. The fourth-order valence-electron chi connectivity index (χ4n) is 3.34. The second-order valence-electron chi connectivity index (χ2n) is 6.52. The molecular formula is C19H17ClFN3O3. The zero-order chi connectivity index (χ0) is 19.0. The van der Waals surface area contributed by atoms with Gasteiger partial charge in [-0.15, -0.1) is 0 Å². The molecule has 0 N–H and O–H groups in total. The van der Waals surface area contributed by atoms with Crippen molar-refractivity contribution >= 4 is 23.6 Å². The van der Waals surface area contributed by atoms with E-state index in [1.165, 1.54) is 16.7 Å². The van der Waals surface area contributed by atoms with Gasteiger partial charge in [0.2, 0.25) is 5.91 Å². The minimum atomic E-state index is -0.737. The highest BCUT2D eigenvalue weighted by Gasteiger charge is 2.33. The van der Waals surface area contributed by atoms with E-state index in [0.29, 0.717) is 24.3 Å². The monoisotopic (exact) mass is 389 g/mol. The summed E-state index contributed by atoms with van der Waals surface area (Å²) in [6.07, 6.45) is 5.23. The maximum atomic E-state index is 13.0. The minimum Gasteiger partial charge on any atom is -0.469 e. The Hall–Kier alpha value is -2.67. The molecule has 1 aromatic heterocycles. The van der Waals surface area contributed by atoms with Crippen molar-refractivity contribution in [2.45, 2.75) is 25.5 Å². The molecule has 2 aromatic rings. The molecule has 2 aliphatic rings. The van der Waals surface area contributed by atoms with Crippen LogP contribution in [0, 0.1) is 5.82 Å². The number of aromatic nitrogens is 2. The van der Waals surface area contributed by atoms with E-state index >= 15 is 0 Å². The maximum Gasteiger partial charge on any atom is 0.314 e. The lowest BCUT2D eigenvalue weighted by molar-refractivity contribution is -0.132. The lowest BCUT2D eigenvalue weighted by Gasteiger charge is -2.21. The summed E-state index contributed by atoms with van der Waals surface area (Å²) < 4.78 is 19.8. The molecule has 0 aliphatic carbocycles. The molecule has 6 nitrogen and oxygen atoms in total. The lowest BCUT2D eigenvalue weighted by atomic mass is 10.2. The van der Waals surface area contributed by atoms with Crippen molar-refractivity contribution in [1.82, 2.24) is 14.5 Å². The highest BCUT2D eigenvalue weighted by atomic mass is 35.5.